The maximum absolute atomic E-state index is 13.7. The van der Waals surface area contributed by atoms with Crippen LogP contribution in [0.5, 0.6) is 0 Å². The minimum Gasteiger partial charge on any atom is -0.368 e. The number of fused-ring (bicyclic) bond motifs is 2. The Bertz CT molecular complexity index is 1520. The van der Waals surface area contributed by atoms with Gasteiger partial charge in [-0.2, -0.15) is 0 Å². The molecule has 38 heavy (non-hydrogen) atoms. The minimum atomic E-state index is -0.0936. The number of aryl methyl sites for hydroxylation is 2. The Morgan fingerprint density at radius 1 is 0.868 bits per heavy atom. The number of nitrogens with zero attached hydrogens (tertiary/aromatic N) is 4. The van der Waals surface area contributed by atoms with Crippen LogP contribution in [0.3, 0.4) is 0 Å². The number of urea groups is 1. The van der Waals surface area contributed by atoms with Crippen LogP contribution in [0.2, 0.25) is 0 Å². The number of amides is 2. The number of hydrogen-bond acceptors (Lipinski definition) is 4. The van der Waals surface area contributed by atoms with Gasteiger partial charge in [0.15, 0.2) is 0 Å². The van der Waals surface area contributed by atoms with Crippen molar-refractivity contribution in [2.45, 2.75) is 20.3 Å². The molecule has 2 aliphatic rings. The normalized spacial score (nSPS) is 15.7. The largest absolute Gasteiger partial charge is 0.368 e. The molecule has 0 atom stereocenters. The highest BCUT2D eigenvalue weighted by molar-refractivity contribution is 9.10. The smallest absolute Gasteiger partial charge is 0.326 e. The highest BCUT2D eigenvalue weighted by Gasteiger charge is 2.28. The molecule has 1 fully saturated rings. The number of aromatic nitrogens is 1. The zero-order chi connectivity index (χ0) is 26.4. The first-order valence-corrected chi connectivity index (χ1v) is 14.0. The lowest BCUT2D eigenvalue weighted by molar-refractivity contribution is 0.257. The zero-order valence-corrected chi connectivity index (χ0v) is 23.7. The van der Waals surface area contributed by atoms with Crippen molar-refractivity contribution in [1.82, 2.24) is 9.88 Å². The molecule has 6 rings (SSSR count). The second-order valence-corrected chi connectivity index (χ2v) is 11.3. The monoisotopic (exact) mass is 569 g/mol. The SMILES string of the molecule is Cc1cc(-c2cccc3c(NC(=O)N4CCc5cc(Br)c(N6CCN(C)CC6)cc54)cccc23)cc(C)n1. The van der Waals surface area contributed by atoms with E-state index in [-0.39, 0.29) is 6.03 Å². The van der Waals surface area contributed by atoms with Crippen molar-refractivity contribution >= 4 is 49.8 Å². The quantitative estimate of drug-likeness (QED) is 0.301. The van der Waals surface area contributed by atoms with E-state index < -0.39 is 0 Å². The number of benzene rings is 3. The van der Waals surface area contributed by atoms with Gasteiger partial charge in [0.1, 0.15) is 0 Å². The standard InChI is InChI=1S/C31H32BrN5O/c1-20-16-23(17-21(2)33-20)24-6-4-8-26-25(24)7-5-9-28(26)34-31(38)37-11-10-22-18-27(32)30(19-29(22)37)36-14-12-35(3)13-15-36/h4-9,16-19H,10-15H2,1-3H3,(H,34,38). The fourth-order valence-corrected chi connectivity index (χ4v) is 6.38. The topological polar surface area (TPSA) is 51.7 Å². The van der Waals surface area contributed by atoms with Gasteiger partial charge in [-0.1, -0.05) is 30.3 Å². The van der Waals surface area contributed by atoms with E-state index in [1.807, 2.05) is 30.9 Å². The van der Waals surface area contributed by atoms with Crippen molar-refractivity contribution in [3.8, 4) is 11.1 Å². The molecular weight excluding hydrogens is 538 g/mol. The van der Waals surface area contributed by atoms with Crippen LogP contribution in [0.15, 0.2) is 65.1 Å². The van der Waals surface area contributed by atoms with Gasteiger partial charge < -0.3 is 15.1 Å². The second kappa shape index (κ2) is 10.0. The number of piperazine rings is 1. The summed E-state index contributed by atoms with van der Waals surface area (Å²) in [5, 5.41) is 5.37. The van der Waals surface area contributed by atoms with Crippen LogP contribution in [-0.2, 0) is 6.42 Å². The number of carbonyl (C=O) groups excluding carboxylic acids is 1. The number of carbonyl (C=O) groups is 1. The third-order valence-electron chi connectivity index (χ3n) is 7.69. The average molecular weight is 571 g/mol. The van der Waals surface area contributed by atoms with E-state index >= 15 is 0 Å². The van der Waals surface area contributed by atoms with Gasteiger partial charge in [0, 0.05) is 54.0 Å². The molecule has 3 heterocycles. The molecule has 194 valence electrons. The maximum Gasteiger partial charge on any atom is 0.326 e. The lowest BCUT2D eigenvalue weighted by Gasteiger charge is -2.35. The number of rotatable bonds is 3. The summed E-state index contributed by atoms with van der Waals surface area (Å²) < 4.78 is 1.10. The van der Waals surface area contributed by atoms with Crippen molar-refractivity contribution in [2.24, 2.45) is 0 Å². The summed E-state index contributed by atoms with van der Waals surface area (Å²) in [6.45, 7) is 8.75. The molecule has 1 N–H and O–H groups in total. The van der Waals surface area contributed by atoms with E-state index in [2.05, 4.69) is 91.6 Å². The molecule has 1 aromatic heterocycles. The molecule has 6 nitrogen and oxygen atoms in total. The molecule has 0 saturated carbocycles. The number of hydrogen-bond donors (Lipinski definition) is 1. The van der Waals surface area contributed by atoms with E-state index in [1.54, 1.807) is 0 Å². The summed E-state index contributed by atoms with van der Waals surface area (Å²) in [6.07, 6.45) is 0.852. The Hall–Kier alpha value is -3.42. The van der Waals surface area contributed by atoms with E-state index in [4.69, 9.17) is 0 Å². The van der Waals surface area contributed by atoms with Crippen LogP contribution >= 0.6 is 15.9 Å². The van der Waals surface area contributed by atoms with Crippen LogP contribution < -0.4 is 15.1 Å². The summed E-state index contributed by atoms with van der Waals surface area (Å²) in [6, 6.07) is 20.9. The Kier molecular flexibility index (Phi) is 6.58. The molecule has 0 radical (unpaired) electrons. The molecule has 2 aliphatic heterocycles. The molecule has 0 spiro atoms. The second-order valence-electron chi connectivity index (χ2n) is 10.4. The van der Waals surface area contributed by atoms with Crippen molar-refractivity contribution in [3.63, 3.8) is 0 Å². The number of nitrogens with one attached hydrogen (secondary N) is 1. The van der Waals surface area contributed by atoms with Crippen molar-refractivity contribution < 1.29 is 4.79 Å². The summed E-state index contributed by atoms with van der Waals surface area (Å²) in [4.78, 5) is 24.8. The third kappa shape index (κ3) is 4.65. The van der Waals surface area contributed by atoms with E-state index in [1.165, 1.54) is 5.56 Å². The van der Waals surface area contributed by atoms with Gasteiger partial charge in [0.2, 0.25) is 0 Å². The molecule has 0 aliphatic carbocycles. The van der Waals surface area contributed by atoms with Gasteiger partial charge in [-0.05, 0) is 95.7 Å². The zero-order valence-electron chi connectivity index (χ0n) is 22.1. The van der Waals surface area contributed by atoms with Crippen LogP contribution in [0.4, 0.5) is 21.9 Å². The highest BCUT2D eigenvalue weighted by atomic mass is 79.9. The Balaban J connectivity index is 1.30. The Labute approximate surface area is 232 Å². The molecule has 0 bridgehead atoms. The predicted octanol–water partition coefficient (Wildman–Crippen LogP) is 6.63. The van der Waals surface area contributed by atoms with Gasteiger partial charge in [-0.15, -0.1) is 0 Å². The first-order chi connectivity index (χ1) is 18.4. The van der Waals surface area contributed by atoms with Crippen molar-refractivity contribution in [2.75, 3.05) is 54.9 Å². The van der Waals surface area contributed by atoms with Crippen LogP contribution in [0.1, 0.15) is 17.0 Å². The van der Waals surface area contributed by atoms with Gasteiger partial charge in [0.05, 0.1) is 17.1 Å². The molecule has 3 aromatic carbocycles. The summed E-state index contributed by atoms with van der Waals surface area (Å²) in [7, 11) is 2.16. The first-order valence-electron chi connectivity index (χ1n) is 13.2. The van der Waals surface area contributed by atoms with E-state index in [0.29, 0.717) is 6.54 Å². The van der Waals surface area contributed by atoms with Gasteiger partial charge >= 0.3 is 6.03 Å². The molecule has 4 aromatic rings. The first kappa shape index (κ1) is 24.9. The predicted molar refractivity (Wildman–Crippen MR) is 161 cm³/mol. The third-order valence-corrected chi connectivity index (χ3v) is 8.32. The number of anilines is 3. The number of pyridine rings is 1. The minimum absolute atomic E-state index is 0.0936. The van der Waals surface area contributed by atoms with E-state index in [9.17, 15) is 4.79 Å². The Morgan fingerprint density at radius 3 is 2.34 bits per heavy atom. The average Bonchev–Trinajstić information content (AvgIpc) is 3.31. The molecular formula is C31H32BrN5O. The maximum atomic E-state index is 13.7. The lowest BCUT2D eigenvalue weighted by atomic mass is 9.97. The Morgan fingerprint density at radius 2 is 1.58 bits per heavy atom. The van der Waals surface area contributed by atoms with Crippen LogP contribution in [-0.4, -0.2) is 55.7 Å². The van der Waals surface area contributed by atoms with Gasteiger partial charge in [-0.25, -0.2) is 4.79 Å². The summed E-state index contributed by atoms with van der Waals surface area (Å²) in [5.74, 6) is 0. The molecule has 2 amide bonds. The highest BCUT2D eigenvalue weighted by Crippen LogP contribution is 2.39. The fourth-order valence-electron chi connectivity index (χ4n) is 5.74. The van der Waals surface area contributed by atoms with Crippen molar-refractivity contribution in [1.29, 1.82) is 0 Å². The summed E-state index contributed by atoms with van der Waals surface area (Å²) >= 11 is 3.79. The lowest BCUT2D eigenvalue weighted by Crippen LogP contribution is -2.44. The molecule has 7 heteroatoms. The number of halogens is 1. The van der Waals surface area contributed by atoms with Crippen LogP contribution in [0.25, 0.3) is 21.9 Å². The van der Waals surface area contributed by atoms with Crippen molar-refractivity contribution in [3.05, 3.63) is 82.1 Å². The van der Waals surface area contributed by atoms with Crippen LogP contribution in [0, 0.1) is 13.8 Å². The van der Waals surface area contributed by atoms with Gasteiger partial charge in [-0.3, -0.25) is 9.88 Å². The van der Waals surface area contributed by atoms with E-state index in [0.717, 1.165) is 87.4 Å². The fraction of sp³-hybridized carbons (Fsp3) is 0.290. The summed E-state index contributed by atoms with van der Waals surface area (Å²) in [5.41, 5.74) is 8.46. The molecule has 1 saturated heterocycles. The molecule has 0 unspecified atom stereocenters. The number of likely N-dealkylation sites (N-methyl/N-ethyl adjacent to an activating group) is 1. The van der Waals surface area contributed by atoms with Gasteiger partial charge in [0.25, 0.3) is 0 Å².